The number of rotatable bonds is 10. The van der Waals surface area contributed by atoms with Gasteiger partial charge in [-0.1, -0.05) is 0 Å². The van der Waals surface area contributed by atoms with Crippen molar-refractivity contribution in [1.29, 1.82) is 0 Å². The topological polar surface area (TPSA) is 173 Å². The number of ketones is 1. The van der Waals surface area contributed by atoms with Crippen LogP contribution in [0.4, 0.5) is 5.69 Å². The van der Waals surface area contributed by atoms with E-state index >= 15 is 0 Å². The lowest BCUT2D eigenvalue weighted by atomic mass is 10.1. The summed E-state index contributed by atoms with van der Waals surface area (Å²) in [6, 6.07) is 1.56. The van der Waals surface area contributed by atoms with Gasteiger partial charge >= 0.3 is 0 Å². The zero-order valence-electron chi connectivity index (χ0n) is 18.4. The molecule has 0 saturated heterocycles. The lowest BCUT2D eigenvalue weighted by Crippen LogP contribution is -2.46. The highest BCUT2D eigenvalue weighted by Gasteiger charge is 2.26. The number of aromatic nitrogens is 3. The van der Waals surface area contributed by atoms with E-state index in [2.05, 4.69) is 26.3 Å². The first-order valence-electron chi connectivity index (χ1n) is 9.91. The molecule has 2 aromatic heterocycles. The van der Waals surface area contributed by atoms with Crippen molar-refractivity contribution in [2.75, 3.05) is 19.4 Å². The molecule has 1 unspecified atom stereocenters. The quantitative estimate of drug-likeness (QED) is 0.302. The summed E-state index contributed by atoms with van der Waals surface area (Å²) in [7, 11) is 4.31. The highest BCUT2D eigenvalue weighted by atomic mass is 16.2. The van der Waals surface area contributed by atoms with Gasteiger partial charge < -0.3 is 30.4 Å². The van der Waals surface area contributed by atoms with Crippen molar-refractivity contribution in [2.45, 2.75) is 25.4 Å². The number of likely N-dealkylation sites (N-methyl/N-ethyl adjacent to an activating group) is 2. The molecule has 0 spiro atoms. The number of Topliss-reactive ketones (excluding diaryl/α,β-unsaturated/α-hetero) is 1. The molecule has 0 radical (unpaired) electrons. The van der Waals surface area contributed by atoms with Gasteiger partial charge in [-0.3, -0.25) is 28.8 Å². The van der Waals surface area contributed by atoms with Crippen LogP contribution in [0.1, 0.15) is 23.5 Å². The lowest BCUT2D eigenvalue weighted by molar-refractivity contribution is -0.137. The Labute approximate surface area is 188 Å². The average Bonchev–Trinajstić information content (AvgIpc) is 3.23. The van der Waals surface area contributed by atoms with Gasteiger partial charge in [0.05, 0.1) is 0 Å². The van der Waals surface area contributed by atoms with Crippen molar-refractivity contribution in [1.82, 2.24) is 30.1 Å². The van der Waals surface area contributed by atoms with Crippen LogP contribution in [-0.2, 0) is 32.8 Å². The summed E-state index contributed by atoms with van der Waals surface area (Å²) in [5.41, 5.74) is -0.759. The second kappa shape index (κ2) is 11.4. The number of nitrogens with zero attached hydrogens (tertiary/aromatic N) is 3. The predicted octanol–water partition coefficient (Wildman–Crippen LogP) is -1.84. The van der Waals surface area contributed by atoms with Crippen LogP contribution in [0, 0.1) is 0 Å². The van der Waals surface area contributed by atoms with E-state index in [0.717, 1.165) is 4.57 Å². The summed E-state index contributed by atoms with van der Waals surface area (Å²) in [5.74, 6) is -3.44. The SMILES string of the molecule is CNC(=O)Cn1cccc(NC(=O)C(CCC(=O)C(=O)NC)NC(=O)c2nccn2C)c1=O. The maximum Gasteiger partial charge on any atom is 0.287 e. The van der Waals surface area contributed by atoms with Crippen LogP contribution in [-0.4, -0.2) is 63.7 Å². The van der Waals surface area contributed by atoms with E-state index in [1.165, 1.54) is 49.4 Å². The molecular formula is C20H25N7O6. The van der Waals surface area contributed by atoms with Crippen molar-refractivity contribution in [3.05, 3.63) is 46.9 Å². The Kier molecular flexibility index (Phi) is 8.60. The fraction of sp³-hybridized carbons (Fsp3) is 0.350. The first kappa shape index (κ1) is 25.0. The summed E-state index contributed by atoms with van der Waals surface area (Å²) in [6.45, 7) is -0.251. The minimum absolute atomic E-state index is 0.0260. The molecule has 176 valence electrons. The molecule has 33 heavy (non-hydrogen) atoms. The molecule has 1 atom stereocenters. The van der Waals surface area contributed by atoms with E-state index in [-0.39, 0.29) is 30.9 Å². The van der Waals surface area contributed by atoms with Gasteiger partial charge in [0.2, 0.25) is 17.6 Å². The van der Waals surface area contributed by atoms with E-state index in [9.17, 15) is 28.8 Å². The number of aryl methyl sites for hydroxylation is 1. The van der Waals surface area contributed by atoms with Gasteiger partial charge in [0.25, 0.3) is 17.4 Å². The van der Waals surface area contributed by atoms with E-state index in [1.54, 1.807) is 7.05 Å². The Bertz CT molecular complexity index is 1120. The molecule has 0 bridgehead atoms. The monoisotopic (exact) mass is 459 g/mol. The van der Waals surface area contributed by atoms with Crippen LogP contribution in [0.5, 0.6) is 0 Å². The minimum atomic E-state index is -1.25. The lowest BCUT2D eigenvalue weighted by Gasteiger charge is -2.18. The third-order valence-electron chi connectivity index (χ3n) is 4.66. The number of carbonyl (C=O) groups excluding carboxylic acids is 5. The molecule has 2 aromatic rings. The van der Waals surface area contributed by atoms with Gasteiger partial charge in [-0.15, -0.1) is 0 Å². The van der Waals surface area contributed by atoms with Crippen molar-refractivity contribution < 1.29 is 24.0 Å². The fourth-order valence-corrected chi connectivity index (χ4v) is 2.81. The largest absolute Gasteiger partial charge is 0.358 e. The number of carbonyl (C=O) groups is 5. The molecule has 13 heteroatoms. The van der Waals surface area contributed by atoms with Gasteiger partial charge in [-0.2, -0.15) is 0 Å². The standard InChI is InChI=1S/C20H25N7O6/c1-21-15(29)11-27-9-4-5-13(20(27)33)25-17(30)12(6-7-14(28)18(31)22-2)24-19(32)16-23-8-10-26(16)3/h4-5,8-10,12H,6-7,11H2,1-3H3,(H,21,29)(H,22,31)(H,24,32)(H,25,30). The molecule has 4 amide bonds. The molecule has 2 heterocycles. The molecule has 0 fully saturated rings. The summed E-state index contributed by atoms with van der Waals surface area (Å²) in [6.07, 6.45) is 3.80. The maximum atomic E-state index is 12.9. The Morgan fingerprint density at radius 2 is 1.82 bits per heavy atom. The van der Waals surface area contributed by atoms with Crippen LogP contribution in [0.15, 0.2) is 35.5 Å². The Morgan fingerprint density at radius 1 is 1.09 bits per heavy atom. The number of imidazole rings is 1. The molecule has 4 N–H and O–H groups in total. The normalized spacial score (nSPS) is 11.2. The van der Waals surface area contributed by atoms with E-state index in [1.807, 2.05) is 0 Å². The number of pyridine rings is 1. The third kappa shape index (κ3) is 6.59. The molecule has 0 aliphatic heterocycles. The van der Waals surface area contributed by atoms with Crippen molar-refractivity contribution >= 4 is 35.1 Å². The van der Waals surface area contributed by atoms with Crippen molar-refractivity contribution in [2.24, 2.45) is 7.05 Å². The second-order valence-corrected chi connectivity index (χ2v) is 6.95. The third-order valence-corrected chi connectivity index (χ3v) is 4.66. The first-order valence-corrected chi connectivity index (χ1v) is 9.91. The molecular weight excluding hydrogens is 434 g/mol. The highest BCUT2D eigenvalue weighted by molar-refractivity contribution is 6.36. The Balaban J connectivity index is 2.23. The van der Waals surface area contributed by atoms with E-state index in [4.69, 9.17) is 0 Å². The summed E-state index contributed by atoms with van der Waals surface area (Å²) in [5, 5.41) is 9.48. The zero-order chi connectivity index (χ0) is 24.5. The Morgan fingerprint density at radius 3 is 2.42 bits per heavy atom. The van der Waals surface area contributed by atoms with Crippen LogP contribution in [0.2, 0.25) is 0 Å². The zero-order valence-corrected chi connectivity index (χ0v) is 18.4. The number of hydrogen-bond acceptors (Lipinski definition) is 7. The molecule has 2 rings (SSSR count). The van der Waals surface area contributed by atoms with Crippen LogP contribution in [0.3, 0.4) is 0 Å². The number of amides is 4. The summed E-state index contributed by atoms with van der Waals surface area (Å²) >= 11 is 0. The van der Waals surface area contributed by atoms with Crippen LogP contribution >= 0.6 is 0 Å². The van der Waals surface area contributed by atoms with Crippen molar-refractivity contribution in [3.63, 3.8) is 0 Å². The second-order valence-electron chi connectivity index (χ2n) is 6.95. The molecule has 0 aliphatic rings. The summed E-state index contributed by atoms with van der Waals surface area (Å²) in [4.78, 5) is 76.9. The molecule has 0 aromatic carbocycles. The highest BCUT2D eigenvalue weighted by Crippen LogP contribution is 2.06. The molecule has 13 nitrogen and oxygen atoms in total. The van der Waals surface area contributed by atoms with Gasteiger partial charge in [0, 0.05) is 46.2 Å². The number of hydrogen-bond donors (Lipinski definition) is 4. The van der Waals surface area contributed by atoms with Gasteiger partial charge in [0.15, 0.2) is 5.82 Å². The maximum absolute atomic E-state index is 12.9. The minimum Gasteiger partial charge on any atom is -0.358 e. The number of anilines is 1. The van der Waals surface area contributed by atoms with Gasteiger partial charge in [0.1, 0.15) is 18.3 Å². The smallest absolute Gasteiger partial charge is 0.287 e. The van der Waals surface area contributed by atoms with E-state index < -0.39 is 41.0 Å². The van der Waals surface area contributed by atoms with Crippen LogP contribution in [0.25, 0.3) is 0 Å². The van der Waals surface area contributed by atoms with Crippen molar-refractivity contribution in [3.8, 4) is 0 Å². The fourth-order valence-electron chi connectivity index (χ4n) is 2.81. The van der Waals surface area contributed by atoms with Gasteiger partial charge in [-0.25, -0.2) is 4.98 Å². The Hall–Kier alpha value is -4.29. The van der Waals surface area contributed by atoms with Crippen LogP contribution < -0.4 is 26.8 Å². The molecule has 0 saturated carbocycles. The predicted molar refractivity (Wildman–Crippen MR) is 116 cm³/mol. The average molecular weight is 459 g/mol. The number of nitrogens with one attached hydrogen (secondary N) is 4. The summed E-state index contributed by atoms with van der Waals surface area (Å²) < 4.78 is 2.54. The van der Waals surface area contributed by atoms with E-state index in [0.29, 0.717) is 0 Å². The molecule has 0 aliphatic carbocycles. The van der Waals surface area contributed by atoms with Gasteiger partial charge in [-0.05, 0) is 18.6 Å². The first-order chi connectivity index (χ1) is 15.7.